The monoisotopic (exact) mass is 278 g/mol. The number of nitrogens with one attached hydrogen (secondary N) is 1. The first-order valence-corrected chi connectivity index (χ1v) is 9.30. The molecule has 0 aromatic carbocycles. The van der Waals surface area contributed by atoms with Crippen LogP contribution in [0.4, 0.5) is 0 Å². The van der Waals surface area contributed by atoms with Gasteiger partial charge in [0, 0.05) is 24.2 Å². The number of nitrogens with zero attached hydrogens (tertiary/aromatic N) is 1. The summed E-state index contributed by atoms with van der Waals surface area (Å²) in [7, 11) is 0. The third-order valence-corrected chi connectivity index (χ3v) is 6.27. The highest BCUT2D eigenvalue weighted by Gasteiger charge is 2.42. The zero-order chi connectivity index (χ0) is 13.9. The molecule has 1 saturated carbocycles. The fourth-order valence-electron chi connectivity index (χ4n) is 5.28. The van der Waals surface area contributed by atoms with Crippen LogP contribution in [0.5, 0.6) is 0 Å². The van der Waals surface area contributed by atoms with Gasteiger partial charge in [0.15, 0.2) is 0 Å². The van der Waals surface area contributed by atoms with Crippen LogP contribution in [0.15, 0.2) is 0 Å². The van der Waals surface area contributed by atoms with Gasteiger partial charge in [0.05, 0.1) is 0 Å². The lowest BCUT2D eigenvalue weighted by Gasteiger charge is -2.53. The van der Waals surface area contributed by atoms with E-state index in [0.29, 0.717) is 0 Å². The Bertz CT molecular complexity index is 284. The first-order valence-electron chi connectivity index (χ1n) is 9.30. The normalized spacial score (nSPS) is 37.2. The van der Waals surface area contributed by atoms with Gasteiger partial charge in [-0.1, -0.05) is 26.2 Å². The van der Waals surface area contributed by atoms with Gasteiger partial charge >= 0.3 is 0 Å². The third-order valence-electron chi connectivity index (χ3n) is 6.27. The van der Waals surface area contributed by atoms with Gasteiger partial charge < -0.3 is 5.32 Å². The molecule has 2 aliphatic heterocycles. The van der Waals surface area contributed by atoms with E-state index in [1.165, 1.54) is 70.8 Å². The van der Waals surface area contributed by atoms with Gasteiger partial charge in [0.1, 0.15) is 0 Å². The summed E-state index contributed by atoms with van der Waals surface area (Å²) in [4.78, 5) is 2.98. The van der Waals surface area contributed by atoms with Crippen LogP contribution in [0, 0.1) is 5.92 Å². The Balaban J connectivity index is 1.63. The second kappa shape index (κ2) is 6.79. The smallest absolute Gasteiger partial charge is 0.0116 e. The van der Waals surface area contributed by atoms with Crippen LogP contribution in [0.1, 0.15) is 78.1 Å². The van der Waals surface area contributed by atoms with Crippen molar-refractivity contribution in [3.63, 3.8) is 0 Å². The first kappa shape index (κ1) is 14.8. The van der Waals surface area contributed by atoms with Crippen LogP contribution in [0.3, 0.4) is 0 Å². The molecule has 2 nitrogen and oxygen atoms in total. The molecule has 2 bridgehead atoms. The summed E-state index contributed by atoms with van der Waals surface area (Å²) in [6, 6.07) is 3.41. The SMILES string of the molecule is CCCNC1CC2CCCC(C1)N2C(C)C1CCCC1. The quantitative estimate of drug-likeness (QED) is 0.819. The molecular weight excluding hydrogens is 244 g/mol. The van der Waals surface area contributed by atoms with Crippen LogP contribution in [0.25, 0.3) is 0 Å². The zero-order valence-corrected chi connectivity index (χ0v) is 13.6. The van der Waals surface area contributed by atoms with Crippen LogP contribution in [0.2, 0.25) is 0 Å². The van der Waals surface area contributed by atoms with Gasteiger partial charge in [0.25, 0.3) is 0 Å². The molecule has 2 heterocycles. The van der Waals surface area contributed by atoms with Crippen LogP contribution in [-0.4, -0.2) is 35.6 Å². The highest BCUT2D eigenvalue weighted by atomic mass is 15.2. The lowest BCUT2D eigenvalue weighted by Crippen LogP contribution is -2.60. The van der Waals surface area contributed by atoms with Crippen molar-refractivity contribution in [3.05, 3.63) is 0 Å². The van der Waals surface area contributed by atoms with E-state index in [9.17, 15) is 0 Å². The summed E-state index contributed by atoms with van der Waals surface area (Å²) in [6.07, 6.45) is 14.4. The van der Waals surface area contributed by atoms with Gasteiger partial charge in [-0.25, -0.2) is 0 Å². The predicted molar refractivity (Wildman–Crippen MR) is 86.0 cm³/mol. The number of fused-ring (bicyclic) bond motifs is 2. The predicted octanol–water partition coefficient (Wildman–Crippen LogP) is 3.95. The average Bonchev–Trinajstić information content (AvgIpc) is 2.97. The van der Waals surface area contributed by atoms with Crippen molar-refractivity contribution in [3.8, 4) is 0 Å². The summed E-state index contributed by atoms with van der Waals surface area (Å²) in [5.41, 5.74) is 0. The summed E-state index contributed by atoms with van der Waals surface area (Å²) in [5, 5.41) is 3.80. The number of rotatable bonds is 5. The summed E-state index contributed by atoms with van der Waals surface area (Å²) < 4.78 is 0. The van der Waals surface area contributed by atoms with E-state index < -0.39 is 0 Å². The van der Waals surface area contributed by atoms with Crippen molar-refractivity contribution in [2.45, 2.75) is 102 Å². The van der Waals surface area contributed by atoms with E-state index in [1.54, 1.807) is 0 Å². The fraction of sp³-hybridized carbons (Fsp3) is 1.00. The van der Waals surface area contributed by atoms with E-state index in [2.05, 4.69) is 24.1 Å². The van der Waals surface area contributed by atoms with Crippen molar-refractivity contribution in [2.24, 2.45) is 5.92 Å². The summed E-state index contributed by atoms with van der Waals surface area (Å²) in [5.74, 6) is 0.998. The van der Waals surface area contributed by atoms with E-state index >= 15 is 0 Å². The maximum absolute atomic E-state index is 3.80. The van der Waals surface area contributed by atoms with E-state index in [-0.39, 0.29) is 0 Å². The van der Waals surface area contributed by atoms with Gasteiger partial charge in [0.2, 0.25) is 0 Å². The van der Waals surface area contributed by atoms with Crippen molar-refractivity contribution in [1.82, 2.24) is 10.2 Å². The molecule has 0 amide bonds. The molecular formula is C18H34N2. The first-order chi connectivity index (χ1) is 9.79. The maximum Gasteiger partial charge on any atom is 0.0116 e. The van der Waals surface area contributed by atoms with Gasteiger partial charge in [-0.05, 0) is 64.3 Å². The highest BCUT2D eigenvalue weighted by molar-refractivity contribution is 4.98. The highest BCUT2D eigenvalue weighted by Crippen LogP contribution is 2.40. The third kappa shape index (κ3) is 3.06. The molecule has 3 rings (SSSR count). The zero-order valence-electron chi connectivity index (χ0n) is 13.6. The molecule has 3 aliphatic rings. The molecule has 2 saturated heterocycles. The summed E-state index contributed by atoms with van der Waals surface area (Å²) >= 11 is 0. The molecule has 116 valence electrons. The molecule has 3 fully saturated rings. The number of hydrogen-bond donors (Lipinski definition) is 1. The standard InChI is InChI=1S/C18H34N2/c1-3-11-19-16-12-17-9-6-10-18(13-16)20(17)14(2)15-7-4-5-8-15/h14-19H,3-13H2,1-2H3. The lowest BCUT2D eigenvalue weighted by atomic mass is 9.79. The van der Waals surface area contributed by atoms with Gasteiger partial charge in [-0.2, -0.15) is 0 Å². The Morgan fingerprint density at radius 1 is 1.00 bits per heavy atom. The number of hydrogen-bond acceptors (Lipinski definition) is 2. The van der Waals surface area contributed by atoms with E-state index in [1.807, 2.05) is 0 Å². The van der Waals surface area contributed by atoms with Crippen molar-refractivity contribution >= 4 is 0 Å². The molecule has 20 heavy (non-hydrogen) atoms. The van der Waals surface area contributed by atoms with Crippen molar-refractivity contribution in [2.75, 3.05) is 6.54 Å². The van der Waals surface area contributed by atoms with Crippen LogP contribution in [-0.2, 0) is 0 Å². The Hall–Kier alpha value is -0.0800. The Morgan fingerprint density at radius 2 is 1.65 bits per heavy atom. The topological polar surface area (TPSA) is 15.3 Å². The van der Waals surface area contributed by atoms with Crippen molar-refractivity contribution in [1.29, 1.82) is 0 Å². The van der Waals surface area contributed by atoms with Crippen LogP contribution < -0.4 is 5.32 Å². The van der Waals surface area contributed by atoms with Crippen molar-refractivity contribution < 1.29 is 0 Å². The van der Waals surface area contributed by atoms with E-state index in [0.717, 1.165) is 30.1 Å². The average molecular weight is 278 g/mol. The lowest BCUT2D eigenvalue weighted by molar-refractivity contribution is -0.0229. The number of piperidine rings is 2. The second-order valence-electron chi connectivity index (χ2n) is 7.59. The Morgan fingerprint density at radius 3 is 2.25 bits per heavy atom. The maximum atomic E-state index is 3.80. The molecule has 3 unspecified atom stereocenters. The molecule has 0 aromatic rings. The minimum atomic E-state index is 0.803. The molecule has 0 spiro atoms. The van der Waals surface area contributed by atoms with Gasteiger partial charge in [-0.15, -0.1) is 0 Å². The minimum absolute atomic E-state index is 0.803. The minimum Gasteiger partial charge on any atom is -0.314 e. The Labute approximate surface area is 125 Å². The molecule has 1 aliphatic carbocycles. The van der Waals surface area contributed by atoms with Gasteiger partial charge in [-0.3, -0.25) is 4.90 Å². The molecule has 1 N–H and O–H groups in total. The molecule has 0 radical (unpaired) electrons. The fourth-order valence-corrected chi connectivity index (χ4v) is 5.28. The van der Waals surface area contributed by atoms with E-state index in [4.69, 9.17) is 0 Å². The molecule has 2 heteroatoms. The molecule has 0 aromatic heterocycles. The largest absolute Gasteiger partial charge is 0.314 e. The second-order valence-corrected chi connectivity index (χ2v) is 7.59. The Kier molecular flexibility index (Phi) is 5.04. The summed E-state index contributed by atoms with van der Waals surface area (Å²) in [6.45, 7) is 6.04. The van der Waals surface area contributed by atoms with Crippen LogP contribution >= 0.6 is 0 Å². The molecule has 3 atom stereocenters.